The Morgan fingerprint density at radius 2 is 2.33 bits per heavy atom. The van der Waals surface area contributed by atoms with Gasteiger partial charge in [0.15, 0.2) is 9.84 Å². The Hall–Kier alpha value is -0.390. The lowest BCUT2D eigenvalue weighted by Crippen LogP contribution is -2.46. The summed E-state index contributed by atoms with van der Waals surface area (Å²) in [5, 5.41) is 5.38. The molecule has 1 saturated heterocycles. The predicted molar refractivity (Wildman–Crippen MR) is 62.9 cm³/mol. The number of hydrogen-bond acceptors (Lipinski definition) is 4. The van der Waals surface area contributed by atoms with Crippen molar-refractivity contribution in [1.82, 2.24) is 5.32 Å². The fourth-order valence-electron chi connectivity index (χ4n) is 1.90. The molecule has 3 nitrogen and oxygen atoms in total. The molecule has 0 spiro atoms. The molecule has 1 aliphatic rings. The lowest BCUT2D eigenvalue weighted by molar-refractivity contribution is 0.444. The van der Waals surface area contributed by atoms with Crippen molar-refractivity contribution in [3.05, 3.63) is 22.4 Å². The average Bonchev–Trinajstić information content (AvgIpc) is 2.68. The van der Waals surface area contributed by atoms with E-state index in [1.54, 1.807) is 11.3 Å². The molecule has 0 bridgehead atoms. The SMILES string of the molecule is CCC1CS(=O)(=O)CC(c2cccs2)N1. The van der Waals surface area contributed by atoms with Crippen molar-refractivity contribution >= 4 is 21.2 Å². The van der Waals surface area contributed by atoms with Crippen LogP contribution in [-0.4, -0.2) is 26.0 Å². The van der Waals surface area contributed by atoms with E-state index in [-0.39, 0.29) is 23.6 Å². The van der Waals surface area contributed by atoms with Crippen LogP contribution < -0.4 is 5.32 Å². The van der Waals surface area contributed by atoms with E-state index in [0.29, 0.717) is 0 Å². The molecule has 1 aliphatic heterocycles. The number of thiophene rings is 1. The highest BCUT2D eigenvalue weighted by atomic mass is 32.2. The van der Waals surface area contributed by atoms with Crippen LogP contribution in [0.2, 0.25) is 0 Å². The van der Waals surface area contributed by atoms with Gasteiger partial charge in [-0.2, -0.15) is 0 Å². The molecule has 15 heavy (non-hydrogen) atoms. The van der Waals surface area contributed by atoms with E-state index >= 15 is 0 Å². The van der Waals surface area contributed by atoms with Gasteiger partial charge in [-0.1, -0.05) is 13.0 Å². The van der Waals surface area contributed by atoms with Crippen LogP contribution in [0.4, 0.5) is 0 Å². The Labute approximate surface area is 94.4 Å². The molecular formula is C10H15NO2S2. The summed E-state index contributed by atoms with van der Waals surface area (Å²) in [5.41, 5.74) is 0. The number of nitrogens with one attached hydrogen (secondary N) is 1. The van der Waals surface area contributed by atoms with Gasteiger partial charge in [0.2, 0.25) is 0 Å². The number of sulfone groups is 1. The minimum Gasteiger partial charge on any atom is -0.305 e. The second kappa shape index (κ2) is 4.23. The molecule has 0 aliphatic carbocycles. The summed E-state index contributed by atoms with van der Waals surface area (Å²) in [5.74, 6) is 0.523. The van der Waals surface area contributed by atoms with E-state index in [1.165, 1.54) is 0 Å². The summed E-state index contributed by atoms with van der Waals surface area (Å²) < 4.78 is 23.4. The van der Waals surface area contributed by atoms with E-state index in [0.717, 1.165) is 11.3 Å². The van der Waals surface area contributed by atoms with Gasteiger partial charge in [0.1, 0.15) is 0 Å². The Kier molecular flexibility index (Phi) is 3.13. The van der Waals surface area contributed by atoms with Gasteiger partial charge in [-0.3, -0.25) is 0 Å². The molecule has 2 atom stereocenters. The fourth-order valence-corrected chi connectivity index (χ4v) is 4.66. The minimum absolute atomic E-state index is 0.00583. The molecule has 1 aromatic heterocycles. The van der Waals surface area contributed by atoms with Crippen molar-refractivity contribution in [3.8, 4) is 0 Å². The Morgan fingerprint density at radius 3 is 2.93 bits per heavy atom. The maximum atomic E-state index is 11.7. The van der Waals surface area contributed by atoms with Crippen LogP contribution in [-0.2, 0) is 9.84 Å². The fraction of sp³-hybridized carbons (Fsp3) is 0.600. The zero-order valence-corrected chi connectivity index (χ0v) is 10.3. The van der Waals surface area contributed by atoms with Crippen LogP contribution >= 0.6 is 11.3 Å². The predicted octanol–water partition coefficient (Wildman–Crippen LogP) is 1.59. The lowest BCUT2D eigenvalue weighted by atomic mass is 10.2. The topological polar surface area (TPSA) is 46.2 Å². The molecule has 0 radical (unpaired) electrons. The highest BCUT2D eigenvalue weighted by molar-refractivity contribution is 7.91. The minimum atomic E-state index is -2.88. The van der Waals surface area contributed by atoms with E-state index in [1.807, 2.05) is 24.4 Å². The van der Waals surface area contributed by atoms with Crippen molar-refractivity contribution in [2.45, 2.75) is 25.4 Å². The van der Waals surface area contributed by atoms with E-state index in [9.17, 15) is 8.42 Å². The van der Waals surface area contributed by atoms with Gasteiger partial charge in [-0.15, -0.1) is 11.3 Å². The van der Waals surface area contributed by atoms with Gasteiger partial charge < -0.3 is 5.32 Å². The second-order valence-corrected chi connectivity index (χ2v) is 7.05. The van der Waals surface area contributed by atoms with Gasteiger partial charge in [-0.05, 0) is 17.9 Å². The second-order valence-electron chi connectivity index (χ2n) is 3.92. The maximum absolute atomic E-state index is 11.7. The average molecular weight is 245 g/mol. The normalized spacial score (nSPS) is 30.2. The maximum Gasteiger partial charge on any atom is 0.153 e. The molecular weight excluding hydrogens is 230 g/mol. The highest BCUT2D eigenvalue weighted by Crippen LogP contribution is 2.25. The standard InChI is InChI=1S/C10H15NO2S2/c1-2-8-6-15(12,13)7-9(11-8)10-4-3-5-14-10/h3-5,8-9,11H,2,6-7H2,1H3. The third kappa shape index (κ3) is 2.59. The first-order chi connectivity index (χ1) is 7.11. The summed E-state index contributed by atoms with van der Waals surface area (Å²) in [6, 6.07) is 4.06. The molecule has 84 valence electrons. The van der Waals surface area contributed by atoms with E-state index < -0.39 is 9.84 Å². The van der Waals surface area contributed by atoms with Gasteiger partial charge in [0.25, 0.3) is 0 Å². The molecule has 0 amide bonds. The molecule has 2 unspecified atom stereocenters. The van der Waals surface area contributed by atoms with Crippen molar-refractivity contribution in [2.24, 2.45) is 0 Å². The molecule has 2 rings (SSSR count). The van der Waals surface area contributed by atoms with Crippen LogP contribution in [0.25, 0.3) is 0 Å². The van der Waals surface area contributed by atoms with E-state index in [4.69, 9.17) is 0 Å². The number of hydrogen-bond donors (Lipinski definition) is 1. The monoisotopic (exact) mass is 245 g/mol. The van der Waals surface area contributed by atoms with Crippen molar-refractivity contribution in [3.63, 3.8) is 0 Å². The zero-order valence-electron chi connectivity index (χ0n) is 8.64. The van der Waals surface area contributed by atoms with Crippen LogP contribution in [0.1, 0.15) is 24.3 Å². The van der Waals surface area contributed by atoms with Crippen molar-refractivity contribution in [2.75, 3.05) is 11.5 Å². The zero-order chi connectivity index (χ0) is 10.9. The van der Waals surface area contributed by atoms with Crippen molar-refractivity contribution in [1.29, 1.82) is 0 Å². The molecule has 1 aromatic rings. The lowest BCUT2D eigenvalue weighted by Gasteiger charge is -2.29. The van der Waals surface area contributed by atoms with Crippen LogP contribution in [0.5, 0.6) is 0 Å². The number of rotatable bonds is 2. The Balaban J connectivity index is 2.20. The van der Waals surface area contributed by atoms with Crippen LogP contribution in [0, 0.1) is 0 Å². The van der Waals surface area contributed by atoms with Crippen LogP contribution in [0.3, 0.4) is 0 Å². The quantitative estimate of drug-likeness (QED) is 0.860. The third-order valence-electron chi connectivity index (χ3n) is 2.69. The summed E-state index contributed by atoms with van der Waals surface area (Å²) in [6.45, 7) is 2.02. The molecule has 5 heteroatoms. The molecule has 1 fully saturated rings. The van der Waals surface area contributed by atoms with Gasteiger partial charge in [0.05, 0.1) is 17.5 Å². The Bertz CT molecular complexity index is 411. The van der Waals surface area contributed by atoms with Gasteiger partial charge >= 0.3 is 0 Å². The summed E-state index contributed by atoms with van der Waals surface area (Å²) >= 11 is 1.62. The van der Waals surface area contributed by atoms with E-state index in [2.05, 4.69) is 5.32 Å². The highest BCUT2D eigenvalue weighted by Gasteiger charge is 2.31. The van der Waals surface area contributed by atoms with Crippen LogP contribution in [0.15, 0.2) is 17.5 Å². The third-order valence-corrected chi connectivity index (χ3v) is 5.43. The smallest absolute Gasteiger partial charge is 0.153 e. The molecule has 2 heterocycles. The summed E-state index contributed by atoms with van der Waals surface area (Å²) in [7, 11) is -2.88. The molecule has 0 aromatic carbocycles. The van der Waals surface area contributed by atoms with Gasteiger partial charge in [-0.25, -0.2) is 8.42 Å². The first-order valence-corrected chi connectivity index (χ1v) is 7.80. The largest absolute Gasteiger partial charge is 0.305 e. The summed E-state index contributed by atoms with van der Waals surface area (Å²) in [6.07, 6.45) is 0.862. The molecule has 0 saturated carbocycles. The van der Waals surface area contributed by atoms with Gasteiger partial charge in [0, 0.05) is 10.9 Å². The Morgan fingerprint density at radius 1 is 1.53 bits per heavy atom. The first-order valence-electron chi connectivity index (χ1n) is 5.10. The molecule has 1 N–H and O–H groups in total. The first kappa shape index (κ1) is 11.1. The summed E-state index contributed by atoms with van der Waals surface area (Å²) in [4.78, 5) is 1.12. The van der Waals surface area contributed by atoms with Crippen molar-refractivity contribution < 1.29 is 8.42 Å².